The molecule has 0 aliphatic carbocycles. The van der Waals surface area contributed by atoms with Gasteiger partial charge in [0.2, 0.25) is 0 Å². The Morgan fingerprint density at radius 3 is 2.50 bits per heavy atom. The lowest BCUT2D eigenvalue weighted by Gasteiger charge is -2.25. The van der Waals surface area contributed by atoms with Crippen molar-refractivity contribution in [2.24, 2.45) is 5.73 Å². The summed E-state index contributed by atoms with van der Waals surface area (Å²) >= 11 is 0. The zero-order chi connectivity index (χ0) is 13.8. The van der Waals surface area contributed by atoms with Gasteiger partial charge >= 0.3 is 6.18 Å². The van der Waals surface area contributed by atoms with E-state index in [0.717, 1.165) is 12.3 Å². The largest absolute Gasteiger partial charge is 0.433 e. The Morgan fingerprint density at radius 2 is 2.11 bits per heavy atom. The molecule has 1 unspecified atom stereocenters. The highest BCUT2D eigenvalue weighted by atomic mass is 19.4. The molecule has 0 bridgehead atoms. The molecule has 0 aliphatic rings. The zero-order valence-corrected chi connectivity index (χ0v) is 9.98. The van der Waals surface area contributed by atoms with Crippen LogP contribution in [0.15, 0.2) is 18.3 Å². The topological polar surface area (TPSA) is 62.4 Å². The highest BCUT2D eigenvalue weighted by Gasteiger charge is 2.32. The van der Waals surface area contributed by atoms with Crippen LogP contribution in [-0.4, -0.2) is 35.8 Å². The molecule has 102 valence electrons. The van der Waals surface area contributed by atoms with Gasteiger partial charge in [0, 0.05) is 19.1 Å². The first-order valence-electron chi connectivity index (χ1n) is 5.53. The number of nitrogens with zero attached hydrogens (tertiary/aromatic N) is 2. The normalized spacial score (nSPS) is 13.4. The Balaban J connectivity index is 2.82. The average molecular weight is 263 g/mol. The minimum atomic E-state index is -4.43. The van der Waals surface area contributed by atoms with Crippen molar-refractivity contribution in [1.82, 2.24) is 4.98 Å². The minimum Gasteiger partial charge on any atom is -0.395 e. The van der Waals surface area contributed by atoms with Gasteiger partial charge < -0.3 is 15.7 Å². The number of aliphatic hydroxyl groups is 1. The lowest BCUT2D eigenvalue weighted by atomic mass is 10.2. The van der Waals surface area contributed by atoms with E-state index in [1.165, 1.54) is 6.07 Å². The lowest BCUT2D eigenvalue weighted by molar-refractivity contribution is -0.141. The molecule has 1 rings (SSSR count). The molecule has 4 nitrogen and oxygen atoms in total. The minimum absolute atomic E-state index is 0.176. The van der Waals surface area contributed by atoms with Crippen LogP contribution < -0.4 is 10.6 Å². The van der Waals surface area contributed by atoms with Gasteiger partial charge in [-0.2, -0.15) is 13.2 Å². The van der Waals surface area contributed by atoms with Crippen molar-refractivity contribution in [2.45, 2.75) is 19.1 Å². The molecular formula is C11H16F3N3O. The van der Waals surface area contributed by atoms with Crippen LogP contribution in [0.25, 0.3) is 0 Å². The van der Waals surface area contributed by atoms with E-state index in [-0.39, 0.29) is 6.61 Å². The molecule has 1 atom stereocenters. The number of aliphatic hydroxyl groups excluding tert-OH is 1. The predicted molar refractivity (Wildman–Crippen MR) is 62.2 cm³/mol. The smallest absolute Gasteiger partial charge is 0.395 e. The summed E-state index contributed by atoms with van der Waals surface area (Å²) in [4.78, 5) is 5.14. The molecule has 0 fully saturated rings. The van der Waals surface area contributed by atoms with Crippen molar-refractivity contribution in [3.05, 3.63) is 24.0 Å². The number of nitrogens with two attached hydrogens (primary N) is 1. The summed E-state index contributed by atoms with van der Waals surface area (Å²) in [6, 6.07) is 1.85. The lowest BCUT2D eigenvalue weighted by Crippen LogP contribution is -2.39. The fourth-order valence-corrected chi connectivity index (χ4v) is 1.50. The second kappa shape index (κ2) is 6.01. The summed E-state index contributed by atoms with van der Waals surface area (Å²) in [5, 5.41) is 8.86. The second-order valence-corrected chi connectivity index (χ2v) is 3.88. The van der Waals surface area contributed by atoms with Crippen LogP contribution in [0.3, 0.4) is 0 Å². The van der Waals surface area contributed by atoms with Crippen molar-refractivity contribution >= 4 is 5.69 Å². The molecule has 0 radical (unpaired) electrons. The maximum Gasteiger partial charge on any atom is 0.433 e. The van der Waals surface area contributed by atoms with Crippen LogP contribution >= 0.6 is 0 Å². The summed E-state index contributed by atoms with van der Waals surface area (Å²) in [7, 11) is 0. The molecule has 0 saturated heterocycles. The van der Waals surface area contributed by atoms with Crippen molar-refractivity contribution in [1.29, 1.82) is 0 Å². The highest BCUT2D eigenvalue weighted by molar-refractivity contribution is 5.44. The fourth-order valence-electron chi connectivity index (χ4n) is 1.50. The van der Waals surface area contributed by atoms with Gasteiger partial charge in [-0.15, -0.1) is 0 Å². The number of pyridine rings is 1. The molecule has 7 heteroatoms. The third-order valence-corrected chi connectivity index (χ3v) is 2.47. The molecule has 0 spiro atoms. The molecule has 3 N–H and O–H groups in total. The van der Waals surface area contributed by atoms with Gasteiger partial charge in [-0.3, -0.25) is 0 Å². The van der Waals surface area contributed by atoms with Gasteiger partial charge in [-0.25, -0.2) is 4.98 Å². The van der Waals surface area contributed by atoms with Crippen LogP contribution in [-0.2, 0) is 6.18 Å². The van der Waals surface area contributed by atoms with E-state index in [4.69, 9.17) is 10.8 Å². The van der Waals surface area contributed by atoms with E-state index < -0.39 is 17.9 Å². The molecule has 0 amide bonds. The Labute approximate surface area is 103 Å². The van der Waals surface area contributed by atoms with Crippen LogP contribution in [0.1, 0.15) is 12.6 Å². The van der Waals surface area contributed by atoms with Crippen LogP contribution in [0.5, 0.6) is 0 Å². The summed E-state index contributed by atoms with van der Waals surface area (Å²) in [5.74, 6) is 0. The number of aromatic nitrogens is 1. The van der Waals surface area contributed by atoms with E-state index in [1.807, 2.05) is 6.92 Å². The molecule has 1 aromatic rings. The number of alkyl halides is 3. The molecule has 1 aromatic heterocycles. The van der Waals surface area contributed by atoms with Gasteiger partial charge in [0.05, 0.1) is 18.5 Å². The predicted octanol–water partition coefficient (Wildman–Crippen LogP) is 1.25. The SMILES string of the molecule is CCN(CC(N)CO)c1ccc(C(F)(F)F)nc1. The maximum absolute atomic E-state index is 12.3. The van der Waals surface area contributed by atoms with Gasteiger partial charge in [0.1, 0.15) is 5.69 Å². The van der Waals surface area contributed by atoms with Crippen LogP contribution in [0.2, 0.25) is 0 Å². The first-order chi connectivity index (χ1) is 8.38. The van der Waals surface area contributed by atoms with Gasteiger partial charge in [-0.1, -0.05) is 0 Å². The standard InChI is InChI=1S/C11H16F3N3O/c1-2-17(6-8(15)7-18)9-3-4-10(16-5-9)11(12,13)14/h3-5,8,18H,2,6-7,15H2,1H3. The van der Waals surface area contributed by atoms with E-state index >= 15 is 0 Å². The van der Waals surface area contributed by atoms with Gasteiger partial charge in [-0.05, 0) is 19.1 Å². The van der Waals surface area contributed by atoms with Crippen molar-refractivity contribution in [3.8, 4) is 0 Å². The molecule has 1 heterocycles. The second-order valence-electron chi connectivity index (χ2n) is 3.88. The molecule has 18 heavy (non-hydrogen) atoms. The first-order valence-corrected chi connectivity index (χ1v) is 5.53. The number of anilines is 1. The third-order valence-electron chi connectivity index (χ3n) is 2.47. The quantitative estimate of drug-likeness (QED) is 0.839. The monoisotopic (exact) mass is 263 g/mol. The summed E-state index contributed by atoms with van der Waals surface area (Å²) in [6.45, 7) is 2.60. The number of halogens is 3. The van der Waals surface area contributed by atoms with E-state index in [2.05, 4.69) is 4.98 Å². The average Bonchev–Trinajstić information content (AvgIpc) is 2.34. The van der Waals surface area contributed by atoms with Crippen LogP contribution in [0, 0.1) is 0 Å². The Kier molecular flexibility index (Phi) is 4.92. The zero-order valence-electron chi connectivity index (χ0n) is 9.98. The summed E-state index contributed by atoms with van der Waals surface area (Å²) in [5.41, 5.74) is 5.22. The molecule has 0 aliphatic heterocycles. The van der Waals surface area contributed by atoms with E-state index in [9.17, 15) is 13.2 Å². The van der Waals surface area contributed by atoms with E-state index in [1.54, 1.807) is 4.90 Å². The number of likely N-dealkylation sites (N-methyl/N-ethyl adjacent to an activating group) is 1. The molecule has 0 aromatic carbocycles. The van der Waals surface area contributed by atoms with E-state index in [0.29, 0.717) is 18.8 Å². The van der Waals surface area contributed by atoms with Crippen molar-refractivity contribution in [3.63, 3.8) is 0 Å². The summed E-state index contributed by atoms with van der Waals surface area (Å²) < 4.78 is 37.0. The Hall–Kier alpha value is -1.34. The Morgan fingerprint density at radius 1 is 1.44 bits per heavy atom. The van der Waals surface area contributed by atoms with Gasteiger partial charge in [0.25, 0.3) is 0 Å². The van der Waals surface area contributed by atoms with Crippen molar-refractivity contribution < 1.29 is 18.3 Å². The maximum atomic E-state index is 12.3. The third kappa shape index (κ3) is 3.85. The molecular weight excluding hydrogens is 247 g/mol. The Bertz CT molecular complexity index is 367. The van der Waals surface area contributed by atoms with Gasteiger partial charge in [0.15, 0.2) is 0 Å². The van der Waals surface area contributed by atoms with Crippen LogP contribution in [0.4, 0.5) is 18.9 Å². The van der Waals surface area contributed by atoms with Crippen molar-refractivity contribution in [2.75, 3.05) is 24.6 Å². The first kappa shape index (κ1) is 14.7. The molecule has 0 saturated carbocycles. The fraction of sp³-hybridized carbons (Fsp3) is 0.545. The highest BCUT2D eigenvalue weighted by Crippen LogP contribution is 2.28. The number of rotatable bonds is 5. The number of hydrogen-bond donors (Lipinski definition) is 2. The number of hydrogen-bond acceptors (Lipinski definition) is 4. The summed E-state index contributed by atoms with van der Waals surface area (Å²) in [6.07, 6.45) is -3.27.